The van der Waals surface area contributed by atoms with E-state index in [1.54, 1.807) is 0 Å². The molecular formula is C24H38N2O2Si2. The topological polar surface area (TPSA) is 43.2 Å². The molecule has 0 heterocycles. The van der Waals surface area contributed by atoms with Gasteiger partial charge in [0.15, 0.2) is 0 Å². The lowest BCUT2D eigenvalue weighted by atomic mass is 10.2. The third kappa shape index (κ3) is 6.28. The second-order valence-corrected chi connectivity index (χ2v) is 20.4. The minimum atomic E-state index is -1.89. The van der Waals surface area contributed by atoms with Crippen LogP contribution in [0.4, 0.5) is 11.4 Å². The Morgan fingerprint density at radius 2 is 0.933 bits per heavy atom. The molecule has 6 heteroatoms. The molecule has 2 aromatic carbocycles. The van der Waals surface area contributed by atoms with Crippen LogP contribution >= 0.6 is 0 Å². The zero-order valence-corrected chi connectivity index (χ0v) is 22.3. The van der Waals surface area contributed by atoms with E-state index in [4.69, 9.17) is 8.85 Å². The molecule has 0 radical (unpaired) electrons. The van der Waals surface area contributed by atoms with Gasteiger partial charge in [-0.25, -0.2) is 0 Å². The number of rotatable bonds is 6. The van der Waals surface area contributed by atoms with Crippen LogP contribution in [0.15, 0.2) is 58.8 Å². The highest BCUT2D eigenvalue weighted by Gasteiger charge is 2.39. The van der Waals surface area contributed by atoms with Gasteiger partial charge < -0.3 is 8.85 Å². The van der Waals surface area contributed by atoms with Crippen LogP contribution in [0.2, 0.25) is 36.3 Å². The van der Waals surface area contributed by atoms with Crippen LogP contribution in [0.25, 0.3) is 0 Å². The molecule has 2 rings (SSSR count). The molecule has 2 aromatic rings. The van der Waals surface area contributed by atoms with Crippen molar-refractivity contribution in [2.45, 2.75) is 77.8 Å². The molecular weight excluding hydrogens is 404 g/mol. The molecule has 0 saturated carbocycles. The Bertz CT molecular complexity index is 821. The maximum atomic E-state index is 6.39. The fourth-order valence-electron chi connectivity index (χ4n) is 2.23. The van der Waals surface area contributed by atoms with Crippen molar-refractivity contribution in [3.05, 3.63) is 48.5 Å². The molecule has 0 aliphatic carbocycles. The largest absolute Gasteiger partial charge is 0.543 e. The van der Waals surface area contributed by atoms with Crippen LogP contribution in [-0.2, 0) is 0 Å². The zero-order chi connectivity index (χ0) is 22.8. The van der Waals surface area contributed by atoms with E-state index in [-0.39, 0.29) is 10.1 Å². The number of nitrogens with zero attached hydrogens (tertiary/aromatic N) is 2. The Labute approximate surface area is 185 Å². The first-order chi connectivity index (χ1) is 13.6. The number of azo groups is 1. The van der Waals surface area contributed by atoms with Gasteiger partial charge in [0.1, 0.15) is 11.5 Å². The van der Waals surface area contributed by atoms with E-state index < -0.39 is 16.6 Å². The van der Waals surface area contributed by atoms with Crippen LogP contribution in [-0.4, -0.2) is 16.6 Å². The number of benzene rings is 2. The summed E-state index contributed by atoms with van der Waals surface area (Å²) in [6.07, 6.45) is 0. The van der Waals surface area contributed by atoms with E-state index in [0.29, 0.717) is 0 Å². The van der Waals surface area contributed by atoms with E-state index in [1.165, 1.54) is 0 Å². The zero-order valence-electron chi connectivity index (χ0n) is 20.3. The molecule has 0 atom stereocenters. The lowest BCUT2D eigenvalue weighted by Gasteiger charge is -2.36. The van der Waals surface area contributed by atoms with E-state index in [9.17, 15) is 0 Å². The van der Waals surface area contributed by atoms with Gasteiger partial charge in [-0.3, -0.25) is 0 Å². The number of hydrogen-bond donors (Lipinski definition) is 0. The highest BCUT2D eigenvalue weighted by molar-refractivity contribution is 6.75. The highest BCUT2D eigenvalue weighted by atomic mass is 28.4. The summed E-state index contributed by atoms with van der Waals surface area (Å²) in [7, 11) is -3.77. The van der Waals surface area contributed by atoms with Crippen molar-refractivity contribution < 1.29 is 8.85 Å². The van der Waals surface area contributed by atoms with Gasteiger partial charge in [0.05, 0.1) is 11.4 Å². The maximum Gasteiger partial charge on any atom is 0.250 e. The standard InChI is InChI=1S/C24H38N2O2Si2/c1-23(2,3)29(7,8)27-21-15-11-13-19(17-21)25-26-20-14-12-16-22(18-20)28-30(9,10)24(4,5)6/h11-18H,1-10H3. The third-order valence-electron chi connectivity index (χ3n) is 6.27. The molecule has 0 aliphatic rings. The predicted octanol–water partition coefficient (Wildman–Crippen LogP) is 8.87. The second kappa shape index (κ2) is 8.67. The molecule has 0 saturated heterocycles. The van der Waals surface area contributed by atoms with E-state index in [1.807, 2.05) is 48.5 Å². The van der Waals surface area contributed by atoms with Crippen molar-refractivity contribution in [3.63, 3.8) is 0 Å². The summed E-state index contributed by atoms with van der Waals surface area (Å²) in [5.41, 5.74) is 1.56. The average molecular weight is 443 g/mol. The first-order valence-electron chi connectivity index (χ1n) is 10.6. The Hall–Kier alpha value is -1.93. The van der Waals surface area contributed by atoms with E-state index >= 15 is 0 Å². The minimum absolute atomic E-state index is 0.148. The van der Waals surface area contributed by atoms with Gasteiger partial charge >= 0.3 is 0 Å². The van der Waals surface area contributed by atoms with E-state index in [0.717, 1.165) is 22.9 Å². The molecule has 0 amide bonds. The molecule has 0 N–H and O–H groups in total. The smallest absolute Gasteiger partial charge is 0.250 e. The Morgan fingerprint density at radius 3 is 1.23 bits per heavy atom. The van der Waals surface area contributed by atoms with Gasteiger partial charge in [-0.05, 0) is 60.5 Å². The van der Waals surface area contributed by atoms with Crippen molar-refractivity contribution >= 4 is 28.0 Å². The first-order valence-corrected chi connectivity index (χ1v) is 16.4. The minimum Gasteiger partial charge on any atom is -0.543 e. The second-order valence-electron chi connectivity index (χ2n) is 10.9. The predicted molar refractivity (Wildman–Crippen MR) is 133 cm³/mol. The third-order valence-corrected chi connectivity index (χ3v) is 15.0. The van der Waals surface area contributed by atoms with Crippen molar-refractivity contribution in [1.82, 2.24) is 0 Å². The molecule has 0 fully saturated rings. The van der Waals surface area contributed by atoms with Crippen LogP contribution < -0.4 is 8.85 Å². The van der Waals surface area contributed by atoms with Gasteiger partial charge in [-0.15, -0.1) is 0 Å². The summed E-state index contributed by atoms with van der Waals surface area (Å²) in [4.78, 5) is 0. The van der Waals surface area contributed by atoms with Crippen molar-refractivity contribution in [2.24, 2.45) is 10.2 Å². The average Bonchev–Trinajstić information content (AvgIpc) is 2.58. The fourth-order valence-corrected chi connectivity index (χ4v) is 4.27. The summed E-state index contributed by atoms with van der Waals surface area (Å²) in [6, 6.07) is 15.7. The molecule has 0 unspecified atom stereocenters. The Morgan fingerprint density at radius 1 is 0.600 bits per heavy atom. The molecule has 0 spiro atoms. The van der Waals surface area contributed by atoms with Crippen molar-refractivity contribution in [1.29, 1.82) is 0 Å². The molecule has 164 valence electrons. The van der Waals surface area contributed by atoms with Gasteiger partial charge in [-0.2, -0.15) is 10.2 Å². The summed E-state index contributed by atoms with van der Waals surface area (Å²) < 4.78 is 12.8. The van der Waals surface area contributed by atoms with E-state index in [2.05, 4.69) is 78.0 Å². The maximum absolute atomic E-state index is 6.39. The summed E-state index contributed by atoms with van der Waals surface area (Å²) in [5, 5.41) is 9.16. The Balaban J connectivity index is 2.17. The van der Waals surface area contributed by atoms with Crippen LogP contribution in [0.1, 0.15) is 41.5 Å². The summed E-state index contributed by atoms with van der Waals surface area (Å²) >= 11 is 0. The molecule has 4 nitrogen and oxygen atoms in total. The molecule has 0 bridgehead atoms. The monoisotopic (exact) mass is 442 g/mol. The van der Waals surface area contributed by atoms with Crippen LogP contribution in [0.5, 0.6) is 11.5 Å². The quantitative estimate of drug-likeness (QED) is 0.331. The van der Waals surface area contributed by atoms with Crippen LogP contribution in [0.3, 0.4) is 0 Å². The normalized spacial score (nSPS) is 13.5. The number of hydrogen-bond acceptors (Lipinski definition) is 4. The molecule has 30 heavy (non-hydrogen) atoms. The Kier molecular flexibility index (Phi) is 7.04. The van der Waals surface area contributed by atoms with Crippen LogP contribution in [0, 0.1) is 0 Å². The molecule has 0 aromatic heterocycles. The summed E-state index contributed by atoms with van der Waals surface area (Å²) in [6.45, 7) is 22.4. The SMILES string of the molecule is CC(C)(C)[Si](C)(C)Oc1cccc(N=Nc2cccc(O[Si](C)(C)C(C)(C)C)c2)c1. The van der Waals surface area contributed by atoms with Gasteiger partial charge in [0.25, 0.3) is 0 Å². The van der Waals surface area contributed by atoms with Crippen molar-refractivity contribution in [3.8, 4) is 11.5 Å². The lowest BCUT2D eigenvalue weighted by Crippen LogP contribution is -2.43. The highest BCUT2D eigenvalue weighted by Crippen LogP contribution is 2.39. The first kappa shape index (κ1) is 24.3. The summed E-state index contributed by atoms with van der Waals surface area (Å²) in [5.74, 6) is 1.71. The van der Waals surface area contributed by atoms with Gasteiger partial charge in [-0.1, -0.05) is 53.7 Å². The molecule has 0 aliphatic heterocycles. The van der Waals surface area contributed by atoms with Gasteiger partial charge in [0, 0.05) is 12.1 Å². The fraction of sp³-hybridized carbons (Fsp3) is 0.500. The van der Waals surface area contributed by atoms with Gasteiger partial charge in [0.2, 0.25) is 16.6 Å². The van der Waals surface area contributed by atoms with Crippen molar-refractivity contribution in [2.75, 3.05) is 0 Å². The lowest BCUT2D eigenvalue weighted by molar-refractivity contribution is 0.492.